The van der Waals surface area contributed by atoms with Gasteiger partial charge >= 0.3 is 0 Å². The molecule has 0 aliphatic carbocycles. The van der Waals surface area contributed by atoms with Gasteiger partial charge in [0.05, 0.1) is 24.4 Å². The topological polar surface area (TPSA) is 73.3 Å². The predicted octanol–water partition coefficient (Wildman–Crippen LogP) is 2.46. The standard InChI is InChI=1S/C16H24N4O3S2/c1-3-4-8-19(13-7-10-25(21,22)11-13)12-20-16(24)18(2)15(17-20)14-6-5-9-23-14/h5-6,9,13H,3-4,7-8,10-12H2,1-2H3/t13-/m0/s1. The van der Waals surface area contributed by atoms with Crippen molar-refractivity contribution in [3.8, 4) is 11.6 Å². The van der Waals surface area contributed by atoms with E-state index in [4.69, 9.17) is 16.6 Å². The van der Waals surface area contributed by atoms with E-state index in [1.807, 2.05) is 23.7 Å². The summed E-state index contributed by atoms with van der Waals surface area (Å²) >= 11 is 5.52. The van der Waals surface area contributed by atoms with Crippen LogP contribution in [0.15, 0.2) is 22.8 Å². The van der Waals surface area contributed by atoms with Gasteiger partial charge in [-0.1, -0.05) is 13.3 Å². The number of unbranched alkanes of at least 4 members (excludes halogenated alkanes) is 1. The van der Waals surface area contributed by atoms with E-state index in [2.05, 4.69) is 16.9 Å². The number of furan rings is 1. The minimum absolute atomic E-state index is 0.0347. The lowest BCUT2D eigenvalue weighted by molar-refractivity contribution is 0.152. The molecule has 0 unspecified atom stereocenters. The van der Waals surface area contributed by atoms with Gasteiger partial charge < -0.3 is 8.98 Å². The van der Waals surface area contributed by atoms with Gasteiger partial charge in [0.25, 0.3) is 0 Å². The van der Waals surface area contributed by atoms with E-state index in [9.17, 15) is 8.42 Å². The first kappa shape index (κ1) is 18.3. The molecule has 3 heterocycles. The molecule has 0 saturated carbocycles. The first-order chi connectivity index (χ1) is 11.9. The Morgan fingerprint density at radius 2 is 2.28 bits per heavy atom. The third-order valence-electron chi connectivity index (χ3n) is 4.62. The maximum absolute atomic E-state index is 11.9. The molecule has 1 atom stereocenters. The first-order valence-electron chi connectivity index (χ1n) is 8.53. The van der Waals surface area contributed by atoms with Crippen LogP contribution in [-0.4, -0.2) is 51.8 Å². The summed E-state index contributed by atoms with van der Waals surface area (Å²) in [7, 11) is -1.06. The number of rotatable bonds is 7. The van der Waals surface area contributed by atoms with Crippen molar-refractivity contribution in [2.45, 2.75) is 38.9 Å². The Morgan fingerprint density at radius 1 is 1.48 bits per heavy atom. The van der Waals surface area contributed by atoms with Crippen molar-refractivity contribution in [3.05, 3.63) is 23.2 Å². The molecule has 1 saturated heterocycles. The van der Waals surface area contributed by atoms with Crippen molar-refractivity contribution in [2.75, 3.05) is 18.1 Å². The zero-order chi connectivity index (χ0) is 18.0. The highest BCUT2D eigenvalue weighted by Crippen LogP contribution is 2.21. The molecule has 3 rings (SSSR count). The summed E-state index contributed by atoms with van der Waals surface area (Å²) in [4.78, 5) is 2.20. The normalized spacial score (nSPS) is 19.7. The fourth-order valence-corrected chi connectivity index (χ4v) is 5.11. The van der Waals surface area contributed by atoms with E-state index >= 15 is 0 Å². The minimum atomic E-state index is -2.92. The number of hydrogen-bond donors (Lipinski definition) is 0. The molecule has 0 aromatic carbocycles. The van der Waals surface area contributed by atoms with Gasteiger partial charge in [-0.05, 0) is 37.2 Å². The maximum Gasteiger partial charge on any atom is 0.199 e. The number of sulfone groups is 1. The molecule has 2 aromatic rings. The van der Waals surface area contributed by atoms with Gasteiger partial charge in [0.15, 0.2) is 26.2 Å². The predicted molar refractivity (Wildman–Crippen MR) is 98.4 cm³/mol. The molecule has 1 fully saturated rings. The molecule has 0 bridgehead atoms. The van der Waals surface area contributed by atoms with Crippen molar-refractivity contribution in [1.29, 1.82) is 0 Å². The summed E-state index contributed by atoms with van der Waals surface area (Å²) in [5.41, 5.74) is 0. The highest BCUT2D eigenvalue weighted by molar-refractivity contribution is 7.91. The lowest BCUT2D eigenvalue weighted by atomic mass is 10.2. The van der Waals surface area contributed by atoms with Crippen molar-refractivity contribution >= 4 is 22.1 Å². The zero-order valence-corrected chi connectivity index (χ0v) is 16.2. The molecule has 9 heteroatoms. The van der Waals surface area contributed by atoms with E-state index in [-0.39, 0.29) is 17.5 Å². The van der Waals surface area contributed by atoms with Crippen LogP contribution < -0.4 is 0 Å². The number of hydrogen-bond acceptors (Lipinski definition) is 6. The summed E-state index contributed by atoms with van der Waals surface area (Å²) in [6.07, 6.45) is 4.36. The monoisotopic (exact) mass is 384 g/mol. The molecule has 0 spiro atoms. The van der Waals surface area contributed by atoms with Gasteiger partial charge in [-0.2, -0.15) is 0 Å². The van der Waals surface area contributed by atoms with E-state index in [1.165, 1.54) is 0 Å². The summed E-state index contributed by atoms with van der Waals surface area (Å²) in [6.45, 7) is 3.46. The first-order valence-corrected chi connectivity index (χ1v) is 10.8. The fraction of sp³-hybridized carbons (Fsp3) is 0.625. The van der Waals surface area contributed by atoms with Crippen LogP contribution in [0.1, 0.15) is 26.2 Å². The van der Waals surface area contributed by atoms with Crippen LogP contribution in [0.4, 0.5) is 0 Å². The van der Waals surface area contributed by atoms with Gasteiger partial charge in [0.1, 0.15) is 0 Å². The van der Waals surface area contributed by atoms with Crippen molar-refractivity contribution in [2.24, 2.45) is 7.05 Å². The Balaban J connectivity index is 1.84. The number of nitrogens with zero attached hydrogens (tertiary/aromatic N) is 4. The largest absolute Gasteiger partial charge is 0.461 e. The van der Waals surface area contributed by atoms with Crippen molar-refractivity contribution < 1.29 is 12.8 Å². The van der Waals surface area contributed by atoms with Crippen LogP contribution in [0.5, 0.6) is 0 Å². The summed E-state index contributed by atoms with van der Waals surface area (Å²) in [6, 6.07) is 3.70. The lowest BCUT2D eigenvalue weighted by Gasteiger charge is -2.27. The van der Waals surface area contributed by atoms with Crippen molar-refractivity contribution in [1.82, 2.24) is 19.2 Å². The Labute approximate surface area is 153 Å². The van der Waals surface area contributed by atoms with Crippen LogP contribution in [0, 0.1) is 4.77 Å². The SMILES string of the molecule is CCCCN(Cn1nc(-c2ccco2)n(C)c1=S)[C@H]1CCS(=O)(=O)C1. The second-order valence-electron chi connectivity index (χ2n) is 6.51. The highest BCUT2D eigenvalue weighted by atomic mass is 32.2. The molecular formula is C16H24N4O3S2. The van der Waals surface area contributed by atoms with Gasteiger partial charge in [-0.25, -0.2) is 13.1 Å². The molecule has 2 aromatic heterocycles. The molecule has 1 aliphatic heterocycles. The fourth-order valence-electron chi connectivity index (χ4n) is 3.17. The summed E-state index contributed by atoms with van der Waals surface area (Å²) in [5.74, 6) is 1.83. The third-order valence-corrected chi connectivity index (χ3v) is 6.86. The summed E-state index contributed by atoms with van der Waals surface area (Å²) < 4.78 is 33.3. The quantitative estimate of drug-likeness (QED) is 0.683. The molecular weight excluding hydrogens is 360 g/mol. The number of aromatic nitrogens is 3. The van der Waals surface area contributed by atoms with Crippen LogP contribution in [0.25, 0.3) is 11.6 Å². The molecule has 138 valence electrons. The molecule has 0 radical (unpaired) electrons. The molecule has 1 aliphatic rings. The van der Waals surface area contributed by atoms with Crippen molar-refractivity contribution in [3.63, 3.8) is 0 Å². The van der Waals surface area contributed by atoms with Crippen LogP contribution in [0.3, 0.4) is 0 Å². The minimum Gasteiger partial charge on any atom is -0.461 e. The maximum atomic E-state index is 11.9. The van der Waals surface area contributed by atoms with Gasteiger partial charge in [0.2, 0.25) is 0 Å². The summed E-state index contributed by atoms with van der Waals surface area (Å²) in [5, 5.41) is 4.60. The molecule has 0 N–H and O–H groups in total. The van der Waals surface area contributed by atoms with Gasteiger partial charge in [-0.15, -0.1) is 5.10 Å². The average molecular weight is 385 g/mol. The zero-order valence-electron chi connectivity index (χ0n) is 14.6. The smallest absolute Gasteiger partial charge is 0.199 e. The van der Waals surface area contributed by atoms with E-state index in [0.717, 1.165) is 19.4 Å². The van der Waals surface area contributed by atoms with Crippen LogP contribution >= 0.6 is 12.2 Å². The lowest BCUT2D eigenvalue weighted by Crippen LogP contribution is -2.38. The second kappa shape index (κ2) is 7.43. The molecule has 0 amide bonds. The van der Waals surface area contributed by atoms with Crippen LogP contribution in [-0.2, 0) is 23.6 Å². The molecule has 25 heavy (non-hydrogen) atoms. The van der Waals surface area contributed by atoms with Gasteiger partial charge in [-0.3, -0.25) is 4.90 Å². The van der Waals surface area contributed by atoms with E-state index < -0.39 is 9.84 Å². The Morgan fingerprint density at radius 3 is 2.88 bits per heavy atom. The average Bonchev–Trinajstić information content (AvgIpc) is 3.27. The van der Waals surface area contributed by atoms with Gasteiger partial charge in [0, 0.05) is 19.6 Å². The second-order valence-corrected chi connectivity index (χ2v) is 9.10. The third kappa shape index (κ3) is 4.04. The Hall–Kier alpha value is -1.45. The van der Waals surface area contributed by atoms with E-state index in [1.54, 1.807) is 10.9 Å². The molecule has 7 nitrogen and oxygen atoms in total. The Kier molecular flexibility index (Phi) is 5.45. The highest BCUT2D eigenvalue weighted by Gasteiger charge is 2.32. The van der Waals surface area contributed by atoms with E-state index in [0.29, 0.717) is 29.4 Å². The van der Waals surface area contributed by atoms with Crippen LogP contribution in [0.2, 0.25) is 0 Å². The Bertz CT molecular complexity index is 868.